The molecule has 0 radical (unpaired) electrons. The molecule has 0 atom stereocenters. The van der Waals surface area contributed by atoms with Gasteiger partial charge in [-0.2, -0.15) is 0 Å². The topological polar surface area (TPSA) is 152 Å². The first-order valence-electron chi connectivity index (χ1n) is 13.6. The molecule has 45 heavy (non-hydrogen) atoms. The second kappa shape index (κ2) is 13.3. The van der Waals surface area contributed by atoms with Gasteiger partial charge in [0.15, 0.2) is 0 Å². The van der Waals surface area contributed by atoms with E-state index in [9.17, 15) is 24.5 Å². The molecule has 4 aromatic carbocycles. The van der Waals surface area contributed by atoms with Gasteiger partial charge in [-0.05, 0) is 77.9 Å². The highest BCUT2D eigenvalue weighted by molar-refractivity contribution is 6.09. The predicted octanol–water partition coefficient (Wildman–Crippen LogP) is 6.46. The number of hydrogen-bond acceptors (Lipinski definition) is 7. The monoisotopic (exact) mass is 602 g/mol. The Bertz CT molecular complexity index is 1870. The van der Waals surface area contributed by atoms with Crippen molar-refractivity contribution in [3.8, 4) is 16.9 Å². The number of amides is 2. The highest BCUT2D eigenvalue weighted by atomic mass is 16.6. The van der Waals surface area contributed by atoms with Crippen LogP contribution >= 0.6 is 0 Å². The number of carboxylic acids is 1. The molecule has 1 heterocycles. The van der Waals surface area contributed by atoms with Gasteiger partial charge in [0.1, 0.15) is 12.4 Å². The van der Waals surface area contributed by atoms with Crippen LogP contribution in [0.4, 0.5) is 17.1 Å². The van der Waals surface area contributed by atoms with E-state index in [0.29, 0.717) is 45.1 Å². The number of carbonyl (C=O) groups is 3. The molecule has 0 fully saturated rings. The number of anilines is 2. The van der Waals surface area contributed by atoms with Crippen molar-refractivity contribution in [2.75, 3.05) is 17.3 Å². The van der Waals surface area contributed by atoms with Gasteiger partial charge >= 0.3 is 5.97 Å². The van der Waals surface area contributed by atoms with Gasteiger partial charge in [0, 0.05) is 42.2 Å². The predicted molar refractivity (Wildman–Crippen MR) is 168 cm³/mol. The number of para-hydroxylation sites is 2. The number of rotatable bonds is 10. The fraction of sp³-hybridized carbons (Fsp3) is 0.0588. The Hall–Kier alpha value is -6.36. The van der Waals surface area contributed by atoms with E-state index in [1.807, 2.05) is 0 Å². The summed E-state index contributed by atoms with van der Waals surface area (Å²) in [5.41, 5.74) is 3.59. The number of pyridine rings is 1. The van der Waals surface area contributed by atoms with Gasteiger partial charge in [0.05, 0.1) is 21.9 Å². The Morgan fingerprint density at radius 1 is 0.867 bits per heavy atom. The lowest BCUT2D eigenvalue weighted by atomic mass is 9.99. The van der Waals surface area contributed by atoms with Crippen molar-refractivity contribution < 1.29 is 29.2 Å². The molecule has 0 bridgehead atoms. The lowest BCUT2D eigenvalue weighted by molar-refractivity contribution is -0.384. The minimum atomic E-state index is -1.07. The summed E-state index contributed by atoms with van der Waals surface area (Å²) in [6, 6.07) is 29.4. The van der Waals surface area contributed by atoms with Crippen LogP contribution in [0.3, 0.4) is 0 Å². The maximum Gasteiger partial charge on any atom is 0.337 e. The number of nitrogens with zero attached hydrogens (tertiary/aromatic N) is 3. The van der Waals surface area contributed by atoms with Crippen LogP contribution in [0, 0.1) is 10.1 Å². The van der Waals surface area contributed by atoms with Crippen molar-refractivity contribution in [2.24, 2.45) is 0 Å². The summed E-state index contributed by atoms with van der Waals surface area (Å²) >= 11 is 0. The Morgan fingerprint density at radius 2 is 1.53 bits per heavy atom. The Labute approximate surface area is 257 Å². The standard InChI is InChI=1S/C34H26N4O7/c1-37(30-8-4-5-9-31(30)45-21-26-17-12-24(20-35-26)34(41)42)33(40)23-10-15-25(16-11-23)36-32(39)29-7-3-2-6-28(29)22-13-18-27(19-14-22)38(43)44/h2-20H,21H2,1H3,(H,36,39)(H,41,42). The molecule has 11 heteroatoms. The third-order valence-corrected chi connectivity index (χ3v) is 6.93. The fourth-order valence-corrected chi connectivity index (χ4v) is 4.54. The molecule has 0 aliphatic rings. The third-order valence-electron chi connectivity index (χ3n) is 6.93. The molecule has 0 saturated carbocycles. The highest BCUT2D eigenvalue weighted by Crippen LogP contribution is 2.30. The molecule has 0 aliphatic heterocycles. The molecule has 11 nitrogen and oxygen atoms in total. The molecule has 0 spiro atoms. The molecule has 224 valence electrons. The van der Waals surface area contributed by atoms with Crippen molar-refractivity contribution in [1.82, 2.24) is 4.98 Å². The number of carbonyl (C=O) groups excluding carboxylic acids is 2. The Morgan fingerprint density at radius 3 is 2.20 bits per heavy atom. The minimum absolute atomic E-state index is 0.0425. The number of aromatic nitrogens is 1. The van der Waals surface area contributed by atoms with Gasteiger partial charge in [-0.15, -0.1) is 0 Å². The second-order valence-electron chi connectivity index (χ2n) is 9.84. The minimum Gasteiger partial charge on any atom is -0.485 e. The van der Waals surface area contributed by atoms with E-state index >= 15 is 0 Å². The van der Waals surface area contributed by atoms with Crippen LogP contribution in [0.2, 0.25) is 0 Å². The molecule has 0 aliphatic carbocycles. The molecule has 2 N–H and O–H groups in total. The van der Waals surface area contributed by atoms with Crippen molar-refractivity contribution in [3.05, 3.63) is 148 Å². The number of nitro benzene ring substituents is 1. The van der Waals surface area contributed by atoms with Crippen LogP contribution in [0.1, 0.15) is 36.8 Å². The first-order chi connectivity index (χ1) is 21.7. The number of hydrogen-bond donors (Lipinski definition) is 2. The van der Waals surface area contributed by atoms with E-state index in [4.69, 9.17) is 9.84 Å². The maximum atomic E-state index is 13.4. The van der Waals surface area contributed by atoms with Crippen LogP contribution < -0.4 is 15.0 Å². The number of nitro groups is 1. The summed E-state index contributed by atoms with van der Waals surface area (Å²) in [7, 11) is 1.62. The van der Waals surface area contributed by atoms with Gasteiger partial charge in [0.25, 0.3) is 17.5 Å². The fourth-order valence-electron chi connectivity index (χ4n) is 4.54. The van der Waals surface area contributed by atoms with Crippen molar-refractivity contribution in [3.63, 3.8) is 0 Å². The van der Waals surface area contributed by atoms with E-state index in [2.05, 4.69) is 10.3 Å². The average Bonchev–Trinajstić information content (AvgIpc) is 3.07. The number of aromatic carboxylic acids is 1. The van der Waals surface area contributed by atoms with Crippen molar-refractivity contribution in [1.29, 1.82) is 0 Å². The molecule has 5 aromatic rings. The van der Waals surface area contributed by atoms with E-state index in [1.54, 1.807) is 98.0 Å². The van der Waals surface area contributed by atoms with Crippen LogP contribution in [0.5, 0.6) is 5.75 Å². The highest BCUT2D eigenvalue weighted by Gasteiger charge is 2.19. The van der Waals surface area contributed by atoms with Gasteiger partial charge < -0.3 is 20.1 Å². The summed E-state index contributed by atoms with van der Waals surface area (Å²) in [5, 5.41) is 22.9. The molecule has 1 aromatic heterocycles. The maximum absolute atomic E-state index is 13.4. The van der Waals surface area contributed by atoms with Crippen LogP contribution in [0.15, 0.2) is 115 Å². The zero-order valence-corrected chi connectivity index (χ0v) is 23.9. The molecule has 2 amide bonds. The third kappa shape index (κ3) is 7.00. The first-order valence-corrected chi connectivity index (χ1v) is 13.6. The second-order valence-corrected chi connectivity index (χ2v) is 9.84. The quantitative estimate of drug-likeness (QED) is 0.136. The van der Waals surface area contributed by atoms with E-state index < -0.39 is 10.9 Å². The smallest absolute Gasteiger partial charge is 0.337 e. The van der Waals surface area contributed by atoms with Crippen LogP contribution in [0.25, 0.3) is 11.1 Å². The number of non-ortho nitro benzene ring substituents is 1. The van der Waals surface area contributed by atoms with Gasteiger partial charge in [-0.1, -0.05) is 30.3 Å². The lowest BCUT2D eigenvalue weighted by Crippen LogP contribution is -2.26. The number of nitrogens with one attached hydrogen (secondary N) is 1. The lowest BCUT2D eigenvalue weighted by Gasteiger charge is -2.21. The van der Waals surface area contributed by atoms with Gasteiger partial charge in [-0.25, -0.2) is 4.79 Å². The average molecular weight is 603 g/mol. The van der Waals surface area contributed by atoms with Gasteiger partial charge in [0.2, 0.25) is 0 Å². The molecule has 5 rings (SSSR count). The SMILES string of the molecule is CN(C(=O)c1ccc(NC(=O)c2ccccc2-c2ccc([N+](=O)[O-])cc2)cc1)c1ccccc1OCc1ccc(C(=O)O)cn1. The first kappa shape index (κ1) is 30.1. The Balaban J connectivity index is 1.26. The normalized spacial score (nSPS) is 10.5. The van der Waals surface area contributed by atoms with E-state index in [1.165, 1.54) is 29.3 Å². The zero-order chi connectivity index (χ0) is 31.9. The summed E-state index contributed by atoms with van der Waals surface area (Å²) in [6.07, 6.45) is 1.26. The van der Waals surface area contributed by atoms with E-state index in [0.717, 1.165) is 0 Å². The number of carboxylic acid groups (broad SMARTS) is 1. The van der Waals surface area contributed by atoms with Crippen LogP contribution in [-0.2, 0) is 6.61 Å². The number of benzene rings is 4. The van der Waals surface area contributed by atoms with Crippen molar-refractivity contribution in [2.45, 2.75) is 6.61 Å². The van der Waals surface area contributed by atoms with Crippen LogP contribution in [-0.4, -0.2) is 39.8 Å². The molecular weight excluding hydrogens is 576 g/mol. The molecular formula is C34H26N4O7. The number of ether oxygens (including phenoxy) is 1. The summed E-state index contributed by atoms with van der Waals surface area (Å²) in [4.78, 5) is 53.7. The Kier molecular flexibility index (Phi) is 8.90. The zero-order valence-electron chi connectivity index (χ0n) is 23.9. The summed E-state index contributed by atoms with van der Waals surface area (Å²) in [6.45, 7) is 0.0701. The summed E-state index contributed by atoms with van der Waals surface area (Å²) < 4.78 is 5.91. The largest absolute Gasteiger partial charge is 0.485 e. The van der Waals surface area contributed by atoms with Crippen molar-refractivity contribution >= 4 is 34.8 Å². The summed E-state index contributed by atoms with van der Waals surface area (Å²) in [5.74, 6) is -1.32. The van der Waals surface area contributed by atoms with E-state index in [-0.39, 0.29) is 29.7 Å². The van der Waals surface area contributed by atoms with Gasteiger partial charge in [-0.3, -0.25) is 24.7 Å². The molecule has 0 saturated heterocycles. The molecule has 0 unspecified atom stereocenters.